The second-order valence-corrected chi connectivity index (χ2v) is 5.84. The predicted octanol–water partition coefficient (Wildman–Crippen LogP) is 1.83. The molecule has 4 rings (SSSR count). The lowest BCUT2D eigenvalue weighted by Gasteiger charge is -2.14. The molecule has 128 valence electrons. The summed E-state index contributed by atoms with van der Waals surface area (Å²) in [5.41, 5.74) is 1.43. The van der Waals surface area contributed by atoms with Gasteiger partial charge < -0.3 is 4.52 Å². The highest BCUT2D eigenvalue weighted by molar-refractivity contribution is 5.95. The lowest BCUT2D eigenvalue weighted by Crippen LogP contribution is -2.35. The molecule has 0 atom stereocenters. The van der Waals surface area contributed by atoms with Crippen molar-refractivity contribution in [2.24, 2.45) is 0 Å². The first-order valence-corrected chi connectivity index (χ1v) is 7.63. The Bertz CT molecular complexity index is 1010. The third kappa shape index (κ3) is 2.35. The number of rotatable bonds is 3. The van der Waals surface area contributed by atoms with Crippen LogP contribution >= 0.6 is 0 Å². The Morgan fingerprint density at radius 1 is 1.20 bits per heavy atom. The average molecular weight is 343 g/mol. The molecule has 3 heterocycles. The van der Waals surface area contributed by atoms with E-state index in [1.54, 1.807) is 13.8 Å². The molecule has 0 fully saturated rings. The number of carbonyl (C=O) groups is 1. The second kappa shape index (κ2) is 5.40. The number of carbonyl (C=O) groups excluding carboxylic acids is 1. The van der Waals surface area contributed by atoms with Crippen molar-refractivity contribution >= 4 is 11.7 Å². The third-order valence-corrected chi connectivity index (χ3v) is 4.26. The van der Waals surface area contributed by atoms with Crippen molar-refractivity contribution in [2.75, 3.05) is 4.90 Å². The van der Waals surface area contributed by atoms with Gasteiger partial charge in [-0.25, -0.2) is 18.7 Å². The highest BCUT2D eigenvalue weighted by atomic mass is 19.1. The van der Waals surface area contributed by atoms with Crippen LogP contribution in [0.25, 0.3) is 0 Å². The fourth-order valence-corrected chi connectivity index (χ4v) is 2.88. The molecule has 2 aromatic heterocycles. The van der Waals surface area contributed by atoms with Gasteiger partial charge in [-0.05, 0) is 38.1 Å². The van der Waals surface area contributed by atoms with Gasteiger partial charge in [0.1, 0.15) is 11.6 Å². The molecule has 0 saturated heterocycles. The number of aromatic nitrogens is 4. The fraction of sp³-hybridized carbons (Fsp3) is 0.250. The molecule has 8 nitrogen and oxygen atoms in total. The van der Waals surface area contributed by atoms with E-state index in [1.807, 2.05) is 0 Å². The van der Waals surface area contributed by atoms with Crippen molar-refractivity contribution in [3.8, 4) is 0 Å². The molecule has 25 heavy (non-hydrogen) atoms. The van der Waals surface area contributed by atoms with Gasteiger partial charge in [0.25, 0.3) is 0 Å². The SMILES string of the molecule is Cc1noc(C)c1Cn1nc2n(c1=O)C(=O)N(c1ccc(F)cc1)C2. The van der Waals surface area contributed by atoms with Gasteiger partial charge in [0.05, 0.1) is 18.8 Å². The molecule has 0 aliphatic carbocycles. The molecule has 1 aromatic carbocycles. The maximum Gasteiger partial charge on any atom is 0.354 e. The van der Waals surface area contributed by atoms with E-state index < -0.39 is 17.5 Å². The lowest BCUT2D eigenvalue weighted by atomic mass is 10.2. The molecular weight excluding hydrogens is 329 g/mol. The zero-order valence-corrected chi connectivity index (χ0v) is 13.6. The number of aryl methyl sites for hydroxylation is 2. The molecule has 0 N–H and O–H groups in total. The number of amides is 1. The van der Waals surface area contributed by atoms with Crippen LogP contribution in [0.15, 0.2) is 33.6 Å². The van der Waals surface area contributed by atoms with E-state index in [-0.39, 0.29) is 13.1 Å². The number of hydrogen-bond acceptors (Lipinski definition) is 5. The van der Waals surface area contributed by atoms with Crippen molar-refractivity contribution in [1.29, 1.82) is 0 Å². The Kier molecular flexibility index (Phi) is 3.31. The van der Waals surface area contributed by atoms with Gasteiger partial charge in [-0.15, -0.1) is 0 Å². The summed E-state index contributed by atoms with van der Waals surface area (Å²) in [6.45, 7) is 3.87. The Hall–Kier alpha value is -3.23. The molecule has 1 amide bonds. The van der Waals surface area contributed by atoms with Crippen molar-refractivity contribution in [3.05, 3.63) is 63.4 Å². The number of anilines is 1. The fourth-order valence-electron chi connectivity index (χ4n) is 2.88. The highest BCUT2D eigenvalue weighted by Crippen LogP contribution is 2.22. The molecule has 0 radical (unpaired) electrons. The summed E-state index contributed by atoms with van der Waals surface area (Å²) < 4.78 is 20.4. The first kappa shape index (κ1) is 15.3. The minimum atomic E-state index is -0.524. The largest absolute Gasteiger partial charge is 0.361 e. The Morgan fingerprint density at radius 2 is 1.92 bits per heavy atom. The molecule has 0 saturated carbocycles. The topological polar surface area (TPSA) is 86.2 Å². The van der Waals surface area contributed by atoms with Crippen LogP contribution in [0.5, 0.6) is 0 Å². The summed E-state index contributed by atoms with van der Waals surface area (Å²) in [5, 5.41) is 8.10. The van der Waals surface area contributed by atoms with Gasteiger partial charge >= 0.3 is 11.7 Å². The Balaban J connectivity index is 1.66. The minimum Gasteiger partial charge on any atom is -0.361 e. The molecule has 3 aromatic rings. The van der Waals surface area contributed by atoms with Gasteiger partial charge in [0, 0.05) is 11.3 Å². The van der Waals surface area contributed by atoms with Crippen LogP contribution in [-0.2, 0) is 13.1 Å². The van der Waals surface area contributed by atoms with Crippen LogP contribution in [-0.4, -0.2) is 25.5 Å². The number of benzene rings is 1. The van der Waals surface area contributed by atoms with E-state index in [0.717, 1.165) is 10.1 Å². The van der Waals surface area contributed by atoms with Crippen molar-refractivity contribution in [3.63, 3.8) is 0 Å². The molecular formula is C16H14FN5O3. The molecule has 1 aliphatic rings. The molecule has 1 aliphatic heterocycles. The summed E-state index contributed by atoms with van der Waals surface area (Å²) in [6, 6.07) is 5.00. The Morgan fingerprint density at radius 3 is 2.52 bits per heavy atom. The van der Waals surface area contributed by atoms with Crippen molar-refractivity contribution < 1.29 is 13.7 Å². The van der Waals surface area contributed by atoms with Gasteiger partial charge in [-0.2, -0.15) is 9.67 Å². The first-order chi connectivity index (χ1) is 12.0. The van der Waals surface area contributed by atoms with E-state index in [1.165, 1.54) is 33.8 Å². The van der Waals surface area contributed by atoms with Crippen LogP contribution in [0.4, 0.5) is 14.9 Å². The average Bonchev–Trinajstić information content (AvgIpc) is 3.19. The molecule has 0 unspecified atom stereocenters. The van der Waals surface area contributed by atoms with Crippen LogP contribution in [0, 0.1) is 19.7 Å². The van der Waals surface area contributed by atoms with E-state index in [0.29, 0.717) is 23.0 Å². The van der Waals surface area contributed by atoms with Gasteiger partial charge in [0.15, 0.2) is 5.82 Å². The number of fused-ring (bicyclic) bond motifs is 1. The first-order valence-electron chi connectivity index (χ1n) is 7.63. The smallest absolute Gasteiger partial charge is 0.354 e. The number of halogens is 1. The summed E-state index contributed by atoms with van der Waals surface area (Å²) in [4.78, 5) is 26.5. The van der Waals surface area contributed by atoms with E-state index >= 15 is 0 Å². The maximum absolute atomic E-state index is 13.0. The quantitative estimate of drug-likeness (QED) is 0.724. The van der Waals surface area contributed by atoms with Gasteiger partial charge in [0.2, 0.25) is 0 Å². The maximum atomic E-state index is 13.0. The monoisotopic (exact) mass is 343 g/mol. The molecule has 0 spiro atoms. The Labute approximate surface area is 141 Å². The van der Waals surface area contributed by atoms with Crippen molar-refractivity contribution in [1.82, 2.24) is 19.5 Å². The third-order valence-electron chi connectivity index (χ3n) is 4.26. The zero-order valence-electron chi connectivity index (χ0n) is 13.6. The number of nitrogens with zero attached hydrogens (tertiary/aromatic N) is 5. The molecule has 9 heteroatoms. The normalized spacial score (nSPS) is 13.6. The van der Waals surface area contributed by atoms with Crippen LogP contribution in [0.1, 0.15) is 22.8 Å². The van der Waals surface area contributed by atoms with Gasteiger partial charge in [-0.1, -0.05) is 5.16 Å². The summed E-state index contributed by atoms with van der Waals surface area (Å²) in [7, 11) is 0. The second-order valence-electron chi connectivity index (χ2n) is 5.84. The lowest BCUT2D eigenvalue weighted by molar-refractivity contribution is 0.250. The van der Waals surface area contributed by atoms with Gasteiger partial charge in [-0.3, -0.25) is 4.90 Å². The highest BCUT2D eigenvalue weighted by Gasteiger charge is 2.33. The predicted molar refractivity (Wildman–Crippen MR) is 84.9 cm³/mol. The standard InChI is InChI=1S/C16H14FN5O3/c1-9-13(10(2)25-19-9)7-21-16(24)22-14(18-21)8-20(15(22)23)12-5-3-11(17)4-6-12/h3-6H,7-8H2,1-2H3. The van der Waals surface area contributed by atoms with Crippen molar-refractivity contribution in [2.45, 2.75) is 26.9 Å². The van der Waals surface area contributed by atoms with Crippen LogP contribution in [0.2, 0.25) is 0 Å². The zero-order chi connectivity index (χ0) is 17.7. The van der Waals surface area contributed by atoms with E-state index in [4.69, 9.17) is 4.52 Å². The number of hydrogen-bond donors (Lipinski definition) is 0. The van der Waals surface area contributed by atoms with Crippen LogP contribution < -0.4 is 10.6 Å². The molecule has 0 bridgehead atoms. The summed E-state index contributed by atoms with van der Waals surface area (Å²) in [5.74, 6) is 0.554. The minimum absolute atomic E-state index is 0.147. The van der Waals surface area contributed by atoms with E-state index in [9.17, 15) is 14.0 Å². The van der Waals surface area contributed by atoms with E-state index in [2.05, 4.69) is 10.3 Å². The summed E-state index contributed by atoms with van der Waals surface area (Å²) in [6.07, 6.45) is 0. The summed E-state index contributed by atoms with van der Waals surface area (Å²) >= 11 is 0. The van der Waals surface area contributed by atoms with Crippen LogP contribution in [0.3, 0.4) is 0 Å².